The zero-order chi connectivity index (χ0) is 19.7. The summed E-state index contributed by atoms with van der Waals surface area (Å²) in [6, 6.07) is 30.1. The summed E-state index contributed by atoms with van der Waals surface area (Å²) < 4.78 is 6.30. The third-order valence-corrected chi connectivity index (χ3v) is 6.33. The number of rotatable bonds is 1. The lowest BCUT2D eigenvalue weighted by Gasteiger charge is -2.07. The topological polar surface area (TPSA) is 26.0 Å². The van der Waals surface area contributed by atoms with Crippen LogP contribution in [0.3, 0.4) is 0 Å². The van der Waals surface area contributed by atoms with Gasteiger partial charge in [-0.15, -0.1) is 0 Å². The van der Waals surface area contributed by atoms with Gasteiger partial charge in [0.1, 0.15) is 11.2 Å². The minimum Gasteiger partial charge on any atom is -0.455 e. The third kappa shape index (κ3) is 2.16. The maximum atomic E-state index is 6.30. The molecule has 0 saturated heterocycles. The first kappa shape index (κ1) is 15.9. The first-order chi connectivity index (χ1) is 14.8. The van der Waals surface area contributed by atoms with Crippen molar-refractivity contribution < 1.29 is 4.42 Å². The maximum absolute atomic E-state index is 6.30. The molecule has 0 atom stereocenters. The average Bonchev–Trinajstić information content (AvgIpc) is 3.35. The highest BCUT2D eigenvalue weighted by atomic mass is 16.3. The summed E-state index contributed by atoms with van der Waals surface area (Å²) in [6.07, 6.45) is 2.82. The van der Waals surface area contributed by atoms with Crippen LogP contribution in [0.15, 0.2) is 95.5 Å². The van der Waals surface area contributed by atoms with Gasteiger partial charge in [-0.25, -0.2) is 0 Å². The molecule has 6 aromatic rings. The Balaban J connectivity index is 1.50. The van der Waals surface area contributed by atoms with E-state index in [-0.39, 0.29) is 0 Å². The molecule has 0 amide bonds. The zero-order valence-corrected chi connectivity index (χ0v) is 16.2. The van der Waals surface area contributed by atoms with Crippen molar-refractivity contribution in [3.8, 4) is 22.4 Å². The van der Waals surface area contributed by atoms with Crippen LogP contribution in [0.2, 0.25) is 0 Å². The molecule has 0 radical (unpaired) electrons. The summed E-state index contributed by atoms with van der Waals surface area (Å²) in [5, 5.41) is 4.77. The van der Waals surface area contributed by atoms with Gasteiger partial charge >= 0.3 is 0 Å². The van der Waals surface area contributed by atoms with Gasteiger partial charge in [-0.1, -0.05) is 48.5 Å². The minimum atomic E-state index is 0.943. The fourth-order valence-electron chi connectivity index (χ4n) is 4.88. The summed E-state index contributed by atoms with van der Waals surface area (Å²) >= 11 is 0. The van der Waals surface area contributed by atoms with E-state index >= 15 is 0 Å². The van der Waals surface area contributed by atoms with Crippen molar-refractivity contribution in [3.05, 3.63) is 102 Å². The van der Waals surface area contributed by atoms with Crippen molar-refractivity contribution in [1.29, 1.82) is 0 Å². The van der Waals surface area contributed by atoms with E-state index < -0.39 is 0 Å². The quantitative estimate of drug-likeness (QED) is 0.296. The van der Waals surface area contributed by atoms with Crippen LogP contribution >= 0.6 is 0 Å². The molecular formula is C28H17NO. The van der Waals surface area contributed by atoms with E-state index in [1.807, 2.05) is 30.5 Å². The Bertz CT molecular complexity index is 1610. The number of furan rings is 1. The highest BCUT2D eigenvalue weighted by Gasteiger charge is 2.21. The molecule has 1 aliphatic carbocycles. The van der Waals surface area contributed by atoms with Gasteiger partial charge in [-0.05, 0) is 70.5 Å². The SMILES string of the molecule is c1ccc(-c2ccc3c(c2)-c2cc4c(ccc5c6ccccc6oc45)cc2C3)nc1. The van der Waals surface area contributed by atoms with Crippen LogP contribution in [0.25, 0.3) is 55.1 Å². The highest BCUT2D eigenvalue weighted by molar-refractivity contribution is 6.16. The summed E-state index contributed by atoms with van der Waals surface area (Å²) in [7, 11) is 0. The van der Waals surface area contributed by atoms with Crippen molar-refractivity contribution in [1.82, 2.24) is 4.98 Å². The van der Waals surface area contributed by atoms with Crippen LogP contribution in [0.5, 0.6) is 0 Å². The molecule has 0 N–H and O–H groups in total. The summed E-state index contributed by atoms with van der Waals surface area (Å²) in [6.45, 7) is 0. The molecule has 0 bridgehead atoms. The summed E-state index contributed by atoms with van der Waals surface area (Å²) in [5.41, 5.74) is 9.46. The Morgan fingerprint density at radius 3 is 2.50 bits per heavy atom. The number of pyridine rings is 1. The molecule has 1 aliphatic rings. The van der Waals surface area contributed by atoms with Crippen LogP contribution in [-0.2, 0) is 6.42 Å². The summed E-state index contributed by atoms with van der Waals surface area (Å²) in [4.78, 5) is 4.53. The molecule has 140 valence electrons. The molecule has 0 unspecified atom stereocenters. The number of fused-ring (bicyclic) bond motifs is 8. The smallest absolute Gasteiger partial charge is 0.143 e. The summed E-state index contributed by atoms with van der Waals surface area (Å²) in [5.74, 6) is 0. The molecule has 2 heteroatoms. The molecule has 2 nitrogen and oxygen atoms in total. The van der Waals surface area contributed by atoms with Gasteiger partial charge in [-0.2, -0.15) is 0 Å². The fourth-order valence-corrected chi connectivity index (χ4v) is 4.88. The Kier molecular flexibility index (Phi) is 3.09. The van der Waals surface area contributed by atoms with Crippen LogP contribution < -0.4 is 0 Å². The largest absolute Gasteiger partial charge is 0.455 e. The molecule has 0 fully saturated rings. The lowest BCUT2D eigenvalue weighted by Crippen LogP contribution is -1.85. The standard InChI is InChI=1S/C28H17NO/c1-2-7-27-21(5-1)22-11-10-18-14-20-13-17-8-9-19(26-6-3-4-12-29-26)15-23(17)24(20)16-25(18)28(22)30-27/h1-12,14-16H,13H2. The average molecular weight is 383 g/mol. The molecule has 0 aliphatic heterocycles. The van der Waals surface area contributed by atoms with Gasteiger partial charge in [0.25, 0.3) is 0 Å². The lowest BCUT2D eigenvalue weighted by molar-refractivity contribution is 0.672. The first-order valence-electron chi connectivity index (χ1n) is 10.3. The zero-order valence-electron chi connectivity index (χ0n) is 16.2. The van der Waals surface area contributed by atoms with E-state index in [4.69, 9.17) is 4.42 Å². The normalized spacial score (nSPS) is 12.5. The van der Waals surface area contributed by atoms with Gasteiger partial charge in [0.05, 0.1) is 5.69 Å². The molecule has 2 heterocycles. The van der Waals surface area contributed by atoms with Crippen LogP contribution in [-0.4, -0.2) is 4.98 Å². The van der Waals surface area contributed by atoms with Crippen molar-refractivity contribution in [2.45, 2.75) is 6.42 Å². The van der Waals surface area contributed by atoms with Crippen molar-refractivity contribution in [2.75, 3.05) is 0 Å². The van der Waals surface area contributed by atoms with Crippen LogP contribution in [0, 0.1) is 0 Å². The fraction of sp³-hybridized carbons (Fsp3) is 0.0357. The second-order valence-electron chi connectivity index (χ2n) is 8.03. The number of hydrogen-bond donors (Lipinski definition) is 0. The van der Waals surface area contributed by atoms with E-state index in [9.17, 15) is 0 Å². The van der Waals surface area contributed by atoms with Crippen molar-refractivity contribution in [2.24, 2.45) is 0 Å². The number of aromatic nitrogens is 1. The molecular weight excluding hydrogens is 366 g/mol. The lowest BCUT2D eigenvalue weighted by atomic mass is 9.97. The Hall–Kier alpha value is -3.91. The second-order valence-corrected chi connectivity index (χ2v) is 8.03. The van der Waals surface area contributed by atoms with E-state index in [0.717, 1.165) is 28.8 Å². The van der Waals surface area contributed by atoms with E-state index in [2.05, 4.69) is 65.6 Å². The molecule has 30 heavy (non-hydrogen) atoms. The van der Waals surface area contributed by atoms with Gasteiger partial charge in [0, 0.05) is 27.9 Å². The molecule has 7 rings (SSSR count). The Morgan fingerprint density at radius 2 is 1.57 bits per heavy atom. The van der Waals surface area contributed by atoms with Gasteiger partial charge in [-0.3, -0.25) is 4.98 Å². The Morgan fingerprint density at radius 1 is 0.667 bits per heavy atom. The predicted octanol–water partition coefficient (Wildman–Crippen LogP) is 7.37. The predicted molar refractivity (Wildman–Crippen MR) is 123 cm³/mol. The van der Waals surface area contributed by atoms with E-state index in [1.54, 1.807) is 0 Å². The van der Waals surface area contributed by atoms with Gasteiger partial charge < -0.3 is 4.42 Å². The van der Waals surface area contributed by atoms with Crippen LogP contribution in [0.1, 0.15) is 11.1 Å². The van der Waals surface area contributed by atoms with E-state index in [1.165, 1.54) is 43.8 Å². The number of nitrogens with zero attached hydrogens (tertiary/aromatic N) is 1. The second kappa shape index (κ2) is 5.80. The Labute approximate surface area is 173 Å². The van der Waals surface area contributed by atoms with E-state index in [0.29, 0.717) is 0 Å². The molecule has 0 spiro atoms. The molecule has 0 saturated carbocycles. The molecule has 4 aromatic carbocycles. The van der Waals surface area contributed by atoms with Gasteiger partial charge in [0.15, 0.2) is 0 Å². The first-order valence-corrected chi connectivity index (χ1v) is 10.3. The van der Waals surface area contributed by atoms with Crippen LogP contribution in [0.4, 0.5) is 0 Å². The van der Waals surface area contributed by atoms with Crippen molar-refractivity contribution in [3.63, 3.8) is 0 Å². The minimum absolute atomic E-state index is 0.943. The van der Waals surface area contributed by atoms with Gasteiger partial charge in [0.2, 0.25) is 0 Å². The van der Waals surface area contributed by atoms with Crippen molar-refractivity contribution >= 4 is 32.7 Å². The highest BCUT2D eigenvalue weighted by Crippen LogP contribution is 2.43. The number of benzene rings is 4. The maximum Gasteiger partial charge on any atom is 0.143 e. The molecule has 2 aromatic heterocycles. The number of hydrogen-bond acceptors (Lipinski definition) is 2. The third-order valence-electron chi connectivity index (χ3n) is 6.33. The monoisotopic (exact) mass is 383 g/mol. The number of para-hydroxylation sites is 1.